The number of rotatable bonds is 5. The summed E-state index contributed by atoms with van der Waals surface area (Å²) < 4.78 is 0. The van der Waals surface area contributed by atoms with E-state index >= 15 is 0 Å². The molecule has 1 aliphatic heterocycles. The molecule has 0 aromatic heterocycles. The van der Waals surface area contributed by atoms with E-state index in [0.29, 0.717) is 23.7 Å². The van der Waals surface area contributed by atoms with Crippen molar-refractivity contribution in [2.24, 2.45) is 0 Å². The maximum Gasteiger partial charge on any atom is 0.251 e. The molecule has 0 aliphatic carbocycles. The number of carbonyl (C=O) groups is 2. The lowest BCUT2D eigenvalue weighted by Gasteiger charge is -2.40. The van der Waals surface area contributed by atoms with Gasteiger partial charge in [-0.05, 0) is 36.9 Å². The van der Waals surface area contributed by atoms with Gasteiger partial charge in [-0.15, -0.1) is 0 Å². The van der Waals surface area contributed by atoms with Gasteiger partial charge in [0, 0.05) is 43.2 Å². The van der Waals surface area contributed by atoms with E-state index in [4.69, 9.17) is 11.6 Å². The standard InChI is InChI=1S/C21H24ClN3O2/c1-24-13-14-25(19(15-24)16-5-3-2-4-6-16)20(26)11-12-23-21(27)17-7-9-18(22)10-8-17/h2-10,19H,11-15H2,1H3,(H,23,27)/t19-/m0/s1. The van der Waals surface area contributed by atoms with Gasteiger partial charge >= 0.3 is 0 Å². The van der Waals surface area contributed by atoms with E-state index in [9.17, 15) is 9.59 Å². The molecule has 1 heterocycles. The highest BCUT2D eigenvalue weighted by atomic mass is 35.5. The second-order valence-electron chi connectivity index (χ2n) is 6.79. The summed E-state index contributed by atoms with van der Waals surface area (Å²) in [5, 5.41) is 3.40. The van der Waals surface area contributed by atoms with E-state index in [2.05, 4.69) is 29.4 Å². The molecule has 1 N–H and O–H groups in total. The van der Waals surface area contributed by atoms with Crippen molar-refractivity contribution in [2.45, 2.75) is 12.5 Å². The molecule has 2 aromatic rings. The van der Waals surface area contributed by atoms with Gasteiger partial charge in [-0.25, -0.2) is 0 Å². The summed E-state index contributed by atoms with van der Waals surface area (Å²) in [6.07, 6.45) is 0.284. The summed E-state index contributed by atoms with van der Waals surface area (Å²) in [5.41, 5.74) is 1.68. The molecule has 5 nitrogen and oxygen atoms in total. The molecule has 1 fully saturated rings. The Bertz CT molecular complexity index is 780. The highest BCUT2D eigenvalue weighted by Gasteiger charge is 2.29. The topological polar surface area (TPSA) is 52.6 Å². The van der Waals surface area contributed by atoms with E-state index in [1.54, 1.807) is 24.3 Å². The fourth-order valence-corrected chi connectivity index (χ4v) is 3.43. The Kier molecular flexibility index (Phi) is 6.48. The maximum atomic E-state index is 12.8. The van der Waals surface area contributed by atoms with Crippen molar-refractivity contribution in [2.75, 3.05) is 33.2 Å². The van der Waals surface area contributed by atoms with Crippen LogP contribution in [0.1, 0.15) is 28.4 Å². The Labute approximate surface area is 164 Å². The number of piperazine rings is 1. The average Bonchev–Trinajstić information content (AvgIpc) is 2.69. The molecular weight excluding hydrogens is 362 g/mol. The average molecular weight is 386 g/mol. The first-order chi connectivity index (χ1) is 13.0. The van der Waals surface area contributed by atoms with Gasteiger partial charge in [0.05, 0.1) is 6.04 Å². The summed E-state index contributed by atoms with van der Waals surface area (Å²) in [6, 6.07) is 16.8. The molecule has 3 rings (SSSR count). The predicted molar refractivity (Wildman–Crippen MR) is 107 cm³/mol. The zero-order valence-corrected chi connectivity index (χ0v) is 16.2. The minimum Gasteiger partial charge on any atom is -0.352 e. The van der Waals surface area contributed by atoms with Gasteiger partial charge < -0.3 is 15.1 Å². The third kappa shape index (κ3) is 5.08. The Balaban J connectivity index is 1.57. The summed E-state index contributed by atoms with van der Waals surface area (Å²) in [4.78, 5) is 29.1. The Morgan fingerprint density at radius 1 is 1.07 bits per heavy atom. The molecule has 27 heavy (non-hydrogen) atoms. The predicted octanol–water partition coefficient (Wildman–Crippen LogP) is 2.98. The van der Waals surface area contributed by atoms with Crippen molar-refractivity contribution < 1.29 is 9.59 Å². The lowest BCUT2D eigenvalue weighted by Crippen LogP contribution is -2.49. The minimum absolute atomic E-state index is 0.0458. The van der Waals surface area contributed by atoms with Crippen LogP contribution in [0.4, 0.5) is 0 Å². The second kappa shape index (κ2) is 9.02. The monoisotopic (exact) mass is 385 g/mol. The van der Waals surface area contributed by atoms with E-state index in [1.165, 1.54) is 0 Å². The number of benzene rings is 2. The van der Waals surface area contributed by atoms with Crippen LogP contribution in [0.5, 0.6) is 0 Å². The van der Waals surface area contributed by atoms with Gasteiger partial charge in [-0.1, -0.05) is 41.9 Å². The third-order valence-electron chi connectivity index (χ3n) is 4.82. The highest BCUT2D eigenvalue weighted by Crippen LogP contribution is 2.25. The van der Waals surface area contributed by atoms with Crippen molar-refractivity contribution in [3.05, 3.63) is 70.7 Å². The van der Waals surface area contributed by atoms with Crippen molar-refractivity contribution in [1.29, 1.82) is 0 Å². The summed E-state index contributed by atoms with van der Waals surface area (Å²) in [5.74, 6) is -0.134. The smallest absolute Gasteiger partial charge is 0.251 e. The maximum absolute atomic E-state index is 12.8. The number of likely N-dealkylation sites (N-methyl/N-ethyl adjacent to an activating group) is 1. The van der Waals surface area contributed by atoms with Crippen LogP contribution in [-0.2, 0) is 4.79 Å². The largest absolute Gasteiger partial charge is 0.352 e. The number of amides is 2. The van der Waals surface area contributed by atoms with E-state index in [-0.39, 0.29) is 24.3 Å². The van der Waals surface area contributed by atoms with Gasteiger partial charge in [0.2, 0.25) is 5.91 Å². The normalized spacial score (nSPS) is 17.6. The number of carbonyl (C=O) groups excluding carboxylic acids is 2. The first-order valence-corrected chi connectivity index (χ1v) is 9.49. The van der Waals surface area contributed by atoms with Gasteiger partial charge in [0.25, 0.3) is 5.91 Å². The van der Waals surface area contributed by atoms with Crippen LogP contribution in [0.3, 0.4) is 0 Å². The zero-order valence-electron chi connectivity index (χ0n) is 15.4. The third-order valence-corrected chi connectivity index (χ3v) is 5.07. The Morgan fingerprint density at radius 2 is 1.78 bits per heavy atom. The van der Waals surface area contributed by atoms with Crippen molar-refractivity contribution >= 4 is 23.4 Å². The number of nitrogens with one attached hydrogen (secondary N) is 1. The fourth-order valence-electron chi connectivity index (χ4n) is 3.31. The molecule has 142 valence electrons. The lowest BCUT2D eigenvalue weighted by molar-refractivity contribution is -0.136. The molecular formula is C21H24ClN3O2. The van der Waals surface area contributed by atoms with E-state index in [1.807, 2.05) is 23.1 Å². The molecule has 0 bridgehead atoms. The van der Waals surface area contributed by atoms with Crippen LogP contribution in [0.15, 0.2) is 54.6 Å². The Morgan fingerprint density at radius 3 is 2.48 bits per heavy atom. The van der Waals surface area contributed by atoms with Crippen LogP contribution in [-0.4, -0.2) is 54.8 Å². The van der Waals surface area contributed by atoms with Crippen LogP contribution in [0.25, 0.3) is 0 Å². The van der Waals surface area contributed by atoms with Crippen molar-refractivity contribution in [3.8, 4) is 0 Å². The van der Waals surface area contributed by atoms with Gasteiger partial charge in [-0.3, -0.25) is 9.59 Å². The van der Waals surface area contributed by atoms with Gasteiger partial charge in [0.15, 0.2) is 0 Å². The lowest BCUT2D eigenvalue weighted by atomic mass is 10.0. The summed E-state index contributed by atoms with van der Waals surface area (Å²) in [7, 11) is 2.07. The number of hydrogen-bond acceptors (Lipinski definition) is 3. The molecule has 1 saturated heterocycles. The quantitative estimate of drug-likeness (QED) is 0.860. The van der Waals surface area contributed by atoms with E-state index in [0.717, 1.165) is 18.7 Å². The van der Waals surface area contributed by atoms with Crippen LogP contribution >= 0.6 is 11.6 Å². The number of halogens is 1. The van der Waals surface area contributed by atoms with E-state index < -0.39 is 0 Å². The fraction of sp³-hybridized carbons (Fsp3) is 0.333. The van der Waals surface area contributed by atoms with Crippen molar-refractivity contribution in [1.82, 2.24) is 15.1 Å². The molecule has 0 radical (unpaired) electrons. The first-order valence-electron chi connectivity index (χ1n) is 9.11. The second-order valence-corrected chi connectivity index (χ2v) is 7.23. The number of hydrogen-bond donors (Lipinski definition) is 1. The van der Waals surface area contributed by atoms with Crippen LogP contribution in [0, 0.1) is 0 Å². The highest BCUT2D eigenvalue weighted by molar-refractivity contribution is 6.30. The molecule has 1 atom stereocenters. The molecule has 6 heteroatoms. The summed E-state index contributed by atoms with van der Waals surface area (Å²) >= 11 is 5.84. The Hall–Kier alpha value is -2.37. The molecule has 2 aromatic carbocycles. The SMILES string of the molecule is CN1CCN(C(=O)CCNC(=O)c2ccc(Cl)cc2)[C@H](c2ccccc2)C1. The van der Waals surface area contributed by atoms with Gasteiger partial charge in [-0.2, -0.15) is 0 Å². The minimum atomic E-state index is -0.197. The first kappa shape index (κ1) is 19.4. The zero-order chi connectivity index (χ0) is 19.2. The van der Waals surface area contributed by atoms with Crippen molar-refractivity contribution in [3.63, 3.8) is 0 Å². The molecule has 0 unspecified atom stereocenters. The number of nitrogens with zero attached hydrogens (tertiary/aromatic N) is 2. The molecule has 0 saturated carbocycles. The van der Waals surface area contributed by atoms with Crippen LogP contribution in [0.2, 0.25) is 5.02 Å². The summed E-state index contributed by atoms with van der Waals surface area (Å²) in [6.45, 7) is 2.67. The van der Waals surface area contributed by atoms with Crippen LogP contribution < -0.4 is 5.32 Å². The molecule has 1 aliphatic rings. The molecule has 0 spiro atoms. The molecule has 2 amide bonds. The van der Waals surface area contributed by atoms with Gasteiger partial charge in [0.1, 0.15) is 0 Å².